The zero-order valence-electron chi connectivity index (χ0n) is 14.5. The van der Waals surface area contributed by atoms with Crippen LogP contribution in [0, 0.1) is 0 Å². The van der Waals surface area contributed by atoms with Crippen molar-refractivity contribution in [3.05, 3.63) is 54.6 Å². The van der Waals surface area contributed by atoms with Gasteiger partial charge in [0, 0.05) is 18.3 Å². The van der Waals surface area contributed by atoms with Crippen LogP contribution in [0.5, 0.6) is 5.75 Å². The molecule has 2 N–H and O–H groups in total. The minimum absolute atomic E-state index is 0.181. The summed E-state index contributed by atoms with van der Waals surface area (Å²) in [6, 6.07) is 15.4. The lowest BCUT2D eigenvalue weighted by atomic mass is 10.2. The van der Waals surface area contributed by atoms with Crippen LogP contribution in [-0.4, -0.2) is 30.5 Å². The molecule has 26 heavy (non-hydrogen) atoms. The Kier molecular flexibility index (Phi) is 6.73. The second-order valence-electron chi connectivity index (χ2n) is 5.48. The summed E-state index contributed by atoms with van der Waals surface area (Å²) in [6.45, 7) is 2.60. The summed E-state index contributed by atoms with van der Waals surface area (Å²) in [5, 5.41) is 5.26. The van der Waals surface area contributed by atoms with E-state index < -0.39 is 18.0 Å². The van der Waals surface area contributed by atoms with Gasteiger partial charge in [0.15, 0.2) is 12.7 Å². The third kappa shape index (κ3) is 6.27. The second kappa shape index (κ2) is 9.22. The zero-order valence-corrected chi connectivity index (χ0v) is 14.5. The highest BCUT2D eigenvalue weighted by Crippen LogP contribution is 2.14. The van der Waals surface area contributed by atoms with E-state index in [1.807, 2.05) is 6.07 Å². The standard InChI is InChI=1S/C19H20N2O5/c1-13(26-18(23)12-25-17-6-4-3-5-7-17)19(24)21-16-10-8-15(9-11-16)20-14(2)22/h3-11,13H,12H2,1-2H3,(H,20,22)(H,21,24)/t13-/m0/s1. The van der Waals surface area contributed by atoms with E-state index in [0.29, 0.717) is 17.1 Å². The molecule has 2 aromatic carbocycles. The van der Waals surface area contributed by atoms with Crippen molar-refractivity contribution < 1.29 is 23.9 Å². The van der Waals surface area contributed by atoms with E-state index in [4.69, 9.17) is 9.47 Å². The molecule has 0 aliphatic carbocycles. The average molecular weight is 356 g/mol. The van der Waals surface area contributed by atoms with Crippen LogP contribution in [0.3, 0.4) is 0 Å². The lowest BCUT2D eigenvalue weighted by Gasteiger charge is -2.14. The number of amides is 2. The van der Waals surface area contributed by atoms with Gasteiger partial charge < -0.3 is 20.1 Å². The van der Waals surface area contributed by atoms with E-state index in [1.54, 1.807) is 48.5 Å². The summed E-state index contributed by atoms with van der Waals surface area (Å²) in [6.07, 6.45) is -0.975. The third-order valence-electron chi connectivity index (χ3n) is 3.25. The van der Waals surface area contributed by atoms with Crippen LogP contribution >= 0.6 is 0 Å². The Morgan fingerprint density at radius 3 is 2.08 bits per heavy atom. The van der Waals surface area contributed by atoms with E-state index in [0.717, 1.165) is 0 Å². The molecule has 7 heteroatoms. The molecule has 7 nitrogen and oxygen atoms in total. The summed E-state index contributed by atoms with van der Waals surface area (Å²) in [4.78, 5) is 34.8. The second-order valence-corrected chi connectivity index (χ2v) is 5.48. The maximum absolute atomic E-state index is 12.1. The van der Waals surface area contributed by atoms with Crippen LogP contribution in [0.1, 0.15) is 13.8 Å². The van der Waals surface area contributed by atoms with Crippen molar-refractivity contribution in [2.45, 2.75) is 20.0 Å². The predicted molar refractivity (Wildman–Crippen MR) is 96.9 cm³/mol. The molecule has 0 spiro atoms. The SMILES string of the molecule is CC(=O)Nc1ccc(NC(=O)[C@H](C)OC(=O)COc2ccccc2)cc1. The Bertz CT molecular complexity index is 759. The molecule has 0 fully saturated rings. The zero-order chi connectivity index (χ0) is 18.9. The van der Waals surface area contributed by atoms with Crippen molar-refractivity contribution in [2.24, 2.45) is 0 Å². The number of esters is 1. The normalized spacial score (nSPS) is 11.2. The largest absolute Gasteiger partial charge is 0.482 e. The van der Waals surface area contributed by atoms with Crippen LogP contribution < -0.4 is 15.4 Å². The molecule has 0 heterocycles. The van der Waals surface area contributed by atoms with Gasteiger partial charge in [0.1, 0.15) is 5.75 Å². The number of para-hydroxylation sites is 1. The molecule has 0 aromatic heterocycles. The van der Waals surface area contributed by atoms with Crippen LogP contribution in [-0.2, 0) is 19.1 Å². The van der Waals surface area contributed by atoms with E-state index in [9.17, 15) is 14.4 Å². The van der Waals surface area contributed by atoms with Gasteiger partial charge in [-0.25, -0.2) is 4.79 Å². The molecular formula is C19H20N2O5. The molecule has 0 aliphatic heterocycles. The molecule has 2 aromatic rings. The van der Waals surface area contributed by atoms with Crippen molar-refractivity contribution in [1.82, 2.24) is 0 Å². The predicted octanol–water partition coefficient (Wildman–Crippen LogP) is 2.59. The molecule has 0 aliphatic rings. The Balaban J connectivity index is 1.79. The fourth-order valence-electron chi connectivity index (χ4n) is 2.03. The first-order chi connectivity index (χ1) is 12.4. The highest BCUT2D eigenvalue weighted by molar-refractivity contribution is 5.95. The molecule has 0 saturated carbocycles. The lowest BCUT2D eigenvalue weighted by Crippen LogP contribution is -2.31. The number of anilines is 2. The van der Waals surface area contributed by atoms with Crippen LogP contribution in [0.4, 0.5) is 11.4 Å². The molecule has 0 radical (unpaired) electrons. The molecule has 2 amide bonds. The summed E-state index contributed by atoms with van der Waals surface area (Å²) < 4.78 is 10.3. The van der Waals surface area contributed by atoms with Crippen molar-refractivity contribution in [3.8, 4) is 5.75 Å². The fourth-order valence-corrected chi connectivity index (χ4v) is 2.03. The Morgan fingerprint density at radius 1 is 0.923 bits per heavy atom. The van der Waals surface area contributed by atoms with Crippen LogP contribution in [0.15, 0.2) is 54.6 Å². The van der Waals surface area contributed by atoms with Crippen molar-refractivity contribution in [3.63, 3.8) is 0 Å². The quantitative estimate of drug-likeness (QED) is 0.744. The van der Waals surface area contributed by atoms with Gasteiger partial charge in [-0.2, -0.15) is 0 Å². The van der Waals surface area contributed by atoms with E-state index in [2.05, 4.69) is 10.6 Å². The lowest BCUT2D eigenvalue weighted by molar-refractivity contribution is -0.155. The Hall–Kier alpha value is -3.35. The fraction of sp³-hybridized carbons (Fsp3) is 0.211. The molecule has 0 unspecified atom stereocenters. The van der Waals surface area contributed by atoms with Gasteiger partial charge >= 0.3 is 5.97 Å². The number of carbonyl (C=O) groups is 3. The monoisotopic (exact) mass is 356 g/mol. The molecule has 2 rings (SSSR count). The third-order valence-corrected chi connectivity index (χ3v) is 3.25. The van der Waals surface area contributed by atoms with Gasteiger partial charge in [-0.1, -0.05) is 18.2 Å². The highest BCUT2D eigenvalue weighted by atomic mass is 16.6. The number of rotatable bonds is 7. The van der Waals surface area contributed by atoms with Gasteiger partial charge in [0.2, 0.25) is 5.91 Å². The van der Waals surface area contributed by atoms with Crippen LogP contribution in [0.2, 0.25) is 0 Å². The first-order valence-electron chi connectivity index (χ1n) is 8.00. The van der Waals surface area contributed by atoms with Gasteiger partial charge in [-0.3, -0.25) is 9.59 Å². The number of benzene rings is 2. The summed E-state index contributed by atoms with van der Waals surface area (Å²) in [5.74, 6) is -0.747. The average Bonchev–Trinajstić information content (AvgIpc) is 2.62. The minimum atomic E-state index is -0.975. The number of ether oxygens (including phenoxy) is 2. The Labute approximate surface area is 151 Å². The molecule has 0 bridgehead atoms. The molecular weight excluding hydrogens is 336 g/mol. The summed E-state index contributed by atoms with van der Waals surface area (Å²) in [7, 11) is 0. The first kappa shape index (κ1) is 19.0. The number of hydrogen-bond donors (Lipinski definition) is 2. The number of nitrogens with one attached hydrogen (secondary N) is 2. The summed E-state index contributed by atoms with van der Waals surface area (Å²) in [5.41, 5.74) is 1.14. The molecule has 0 saturated heterocycles. The first-order valence-corrected chi connectivity index (χ1v) is 8.00. The molecule has 136 valence electrons. The maximum Gasteiger partial charge on any atom is 0.344 e. The maximum atomic E-state index is 12.1. The number of carbonyl (C=O) groups excluding carboxylic acids is 3. The smallest absolute Gasteiger partial charge is 0.344 e. The van der Waals surface area contributed by atoms with Crippen molar-refractivity contribution in [1.29, 1.82) is 0 Å². The van der Waals surface area contributed by atoms with Crippen molar-refractivity contribution in [2.75, 3.05) is 17.2 Å². The highest BCUT2D eigenvalue weighted by Gasteiger charge is 2.18. The van der Waals surface area contributed by atoms with Gasteiger partial charge in [0.05, 0.1) is 0 Å². The van der Waals surface area contributed by atoms with Gasteiger partial charge in [0.25, 0.3) is 5.91 Å². The summed E-state index contributed by atoms with van der Waals surface area (Å²) >= 11 is 0. The van der Waals surface area contributed by atoms with E-state index >= 15 is 0 Å². The van der Waals surface area contributed by atoms with Crippen LogP contribution in [0.25, 0.3) is 0 Å². The topological polar surface area (TPSA) is 93.7 Å². The minimum Gasteiger partial charge on any atom is -0.482 e. The van der Waals surface area contributed by atoms with Crippen molar-refractivity contribution >= 4 is 29.2 Å². The molecule has 1 atom stereocenters. The van der Waals surface area contributed by atoms with Gasteiger partial charge in [-0.15, -0.1) is 0 Å². The van der Waals surface area contributed by atoms with E-state index in [-0.39, 0.29) is 12.5 Å². The van der Waals surface area contributed by atoms with Gasteiger partial charge in [-0.05, 0) is 43.3 Å². The Morgan fingerprint density at radius 2 is 1.50 bits per heavy atom. The number of hydrogen-bond acceptors (Lipinski definition) is 5. The van der Waals surface area contributed by atoms with E-state index in [1.165, 1.54) is 13.8 Å².